The number of anilines is 1. The number of sulfonamides is 1. The minimum absolute atomic E-state index is 0.236. The van der Waals surface area contributed by atoms with Crippen molar-refractivity contribution in [3.63, 3.8) is 0 Å². The SMILES string of the molecule is CC(OC(=O)C1CCN(S(=O)(=O)c2ccc(C(C)C)cc2)CC1)C(=O)N(C)c1ccccc1. The summed E-state index contributed by atoms with van der Waals surface area (Å²) in [7, 11) is -1.97. The molecule has 1 fully saturated rings. The first kappa shape index (κ1) is 24.9. The zero-order valence-corrected chi connectivity index (χ0v) is 20.4. The molecule has 1 aliphatic heterocycles. The molecule has 1 atom stereocenters. The molecule has 0 aromatic heterocycles. The third kappa shape index (κ3) is 5.81. The van der Waals surface area contributed by atoms with Crippen molar-refractivity contribution in [1.82, 2.24) is 4.31 Å². The molecule has 0 radical (unpaired) electrons. The van der Waals surface area contributed by atoms with E-state index in [-0.39, 0.29) is 23.9 Å². The van der Waals surface area contributed by atoms with Crippen LogP contribution in [0, 0.1) is 5.92 Å². The van der Waals surface area contributed by atoms with Crippen LogP contribution >= 0.6 is 0 Å². The van der Waals surface area contributed by atoms with Gasteiger partial charge in [-0.3, -0.25) is 9.59 Å². The summed E-state index contributed by atoms with van der Waals surface area (Å²) < 4.78 is 32.8. The Balaban J connectivity index is 1.55. The number of para-hydroxylation sites is 1. The Morgan fingerprint density at radius 3 is 2.09 bits per heavy atom. The van der Waals surface area contributed by atoms with E-state index in [9.17, 15) is 18.0 Å². The van der Waals surface area contributed by atoms with Crippen LogP contribution in [0.1, 0.15) is 45.1 Å². The zero-order chi connectivity index (χ0) is 24.2. The summed E-state index contributed by atoms with van der Waals surface area (Å²) in [5.41, 5.74) is 1.79. The highest BCUT2D eigenvalue weighted by atomic mass is 32.2. The van der Waals surface area contributed by atoms with Gasteiger partial charge in [0.2, 0.25) is 10.0 Å². The van der Waals surface area contributed by atoms with E-state index in [1.807, 2.05) is 30.3 Å². The van der Waals surface area contributed by atoms with Gasteiger partial charge < -0.3 is 9.64 Å². The number of ether oxygens (including phenoxy) is 1. The standard InChI is InChI=1S/C25H32N2O5S/c1-18(2)20-10-12-23(13-11-20)33(30,31)27-16-14-21(15-17-27)25(29)32-19(3)24(28)26(4)22-8-6-5-7-9-22/h5-13,18-19,21H,14-17H2,1-4H3. The molecule has 1 saturated heterocycles. The van der Waals surface area contributed by atoms with Crippen molar-refractivity contribution < 1.29 is 22.7 Å². The number of benzene rings is 2. The fraction of sp³-hybridized carbons (Fsp3) is 0.440. The van der Waals surface area contributed by atoms with Crippen molar-refractivity contribution in [1.29, 1.82) is 0 Å². The minimum atomic E-state index is -3.61. The molecule has 1 unspecified atom stereocenters. The zero-order valence-electron chi connectivity index (χ0n) is 19.6. The van der Waals surface area contributed by atoms with Gasteiger partial charge in [-0.1, -0.05) is 44.2 Å². The maximum Gasteiger partial charge on any atom is 0.309 e. The van der Waals surface area contributed by atoms with Crippen LogP contribution in [-0.2, 0) is 24.3 Å². The molecule has 2 aromatic rings. The lowest BCUT2D eigenvalue weighted by Gasteiger charge is -2.31. The third-order valence-electron chi connectivity index (χ3n) is 6.09. The predicted molar refractivity (Wildman–Crippen MR) is 127 cm³/mol. The number of hydrogen-bond acceptors (Lipinski definition) is 5. The number of amides is 1. The van der Waals surface area contributed by atoms with E-state index in [4.69, 9.17) is 4.74 Å². The molecule has 8 heteroatoms. The molecule has 3 rings (SSSR count). The van der Waals surface area contributed by atoms with Crippen molar-refractivity contribution >= 4 is 27.6 Å². The number of esters is 1. The van der Waals surface area contributed by atoms with Crippen LogP contribution in [0.5, 0.6) is 0 Å². The molecule has 7 nitrogen and oxygen atoms in total. The minimum Gasteiger partial charge on any atom is -0.452 e. The number of hydrogen-bond donors (Lipinski definition) is 0. The van der Waals surface area contributed by atoms with Gasteiger partial charge in [0.25, 0.3) is 5.91 Å². The fourth-order valence-corrected chi connectivity index (χ4v) is 5.35. The molecule has 0 bridgehead atoms. The molecule has 0 spiro atoms. The van der Waals surface area contributed by atoms with Crippen LogP contribution in [0.2, 0.25) is 0 Å². The molecule has 1 aliphatic rings. The van der Waals surface area contributed by atoms with Crippen LogP contribution < -0.4 is 4.90 Å². The first-order valence-electron chi connectivity index (χ1n) is 11.2. The van der Waals surface area contributed by atoms with Crippen molar-refractivity contribution in [3.8, 4) is 0 Å². The van der Waals surface area contributed by atoms with Gasteiger partial charge in [0.05, 0.1) is 10.8 Å². The molecule has 0 N–H and O–H groups in total. The molecule has 1 amide bonds. The maximum atomic E-state index is 13.0. The first-order valence-corrected chi connectivity index (χ1v) is 12.7. The number of piperidine rings is 1. The summed E-state index contributed by atoms with van der Waals surface area (Å²) in [6.45, 7) is 6.14. The van der Waals surface area contributed by atoms with Crippen LogP contribution in [0.15, 0.2) is 59.5 Å². The summed E-state index contributed by atoms with van der Waals surface area (Å²) in [5.74, 6) is -0.891. The summed E-state index contributed by atoms with van der Waals surface area (Å²) in [4.78, 5) is 27.0. The number of rotatable bonds is 7. The average molecular weight is 473 g/mol. The molecular formula is C25H32N2O5S. The van der Waals surface area contributed by atoms with Crippen molar-refractivity contribution in [2.24, 2.45) is 5.92 Å². The highest BCUT2D eigenvalue weighted by molar-refractivity contribution is 7.89. The molecule has 178 valence electrons. The predicted octanol–water partition coefficient (Wildman–Crippen LogP) is 3.81. The van der Waals surface area contributed by atoms with Crippen molar-refractivity contribution in [3.05, 3.63) is 60.2 Å². The average Bonchev–Trinajstić information content (AvgIpc) is 2.83. The number of likely N-dealkylation sites (N-methyl/N-ethyl adjacent to an activating group) is 1. The van der Waals surface area contributed by atoms with Gasteiger partial charge in [0, 0.05) is 25.8 Å². The van der Waals surface area contributed by atoms with E-state index in [1.165, 1.54) is 9.21 Å². The molecule has 1 heterocycles. The van der Waals surface area contributed by atoms with E-state index in [2.05, 4.69) is 13.8 Å². The summed E-state index contributed by atoms with van der Waals surface area (Å²) in [6.07, 6.45) is -0.209. The van der Waals surface area contributed by atoms with Crippen LogP contribution in [-0.4, -0.2) is 50.8 Å². The Hall–Kier alpha value is -2.71. The molecule has 2 aromatic carbocycles. The van der Waals surface area contributed by atoms with E-state index >= 15 is 0 Å². The quantitative estimate of drug-likeness (QED) is 0.572. The normalized spacial score (nSPS) is 16.4. The van der Waals surface area contributed by atoms with Crippen LogP contribution in [0.4, 0.5) is 5.69 Å². The maximum absolute atomic E-state index is 13.0. The van der Waals surface area contributed by atoms with E-state index in [1.54, 1.807) is 38.2 Å². The van der Waals surface area contributed by atoms with E-state index < -0.39 is 28.0 Å². The largest absolute Gasteiger partial charge is 0.452 e. The second-order valence-electron chi connectivity index (χ2n) is 8.71. The Bertz CT molecular complexity index is 1060. The van der Waals surface area contributed by atoms with Gasteiger partial charge in [0.1, 0.15) is 0 Å². The molecular weight excluding hydrogens is 440 g/mol. The van der Waals surface area contributed by atoms with Crippen LogP contribution in [0.3, 0.4) is 0 Å². The Morgan fingerprint density at radius 1 is 0.970 bits per heavy atom. The van der Waals surface area contributed by atoms with E-state index in [0.717, 1.165) is 5.56 Å². The summed E-state index contributed by atoms with van der Waals surface area (Å²) in [6, 6.07) is 16.1. The fourth-order valence-electron chi connectivity index (χ4n) is 3.88. The van der Waals surface area contributed by atoms with Crippen LogP contribution in [0.25, 0.3) is 0 Å². The summed E-state index contributed by atoms with van der Waals surface area (Å²) in [5, 5.41) is 0. The Morgan fingerprint density at radius 2 is 1.55 bits per heavy atom. The third-order valence-corrected chi connectivity index (χ3v) is 8.00. The Kier molecular flexibility index (Phi) is 7.92. The lowest BCUT2D eigenvalue weighted by molar-refractivity contribution is -0.159. The van der Waals surface area contributed by atoms with Crippen molar-refractivity contribution in [2.45, 2.75) is 50.5 Å². The Labute approximate surface area is 196 Å². The van der Waals surface area contributed by atoms with Crippen molar-refractivity contribution in [2.75, 3.05) is 25.0 Å². The lowest BCUT2D eigenvalue weighted by Crippen LogP contribution is -2.42. The molecule has 0 aliphatic carbocycles. The van der Waals surface area contributed by atoms with E-state index in [0.29, 0.717) is 24.4 Å². The molecule has 33 heavy (non-hydrogen) atoms. The second-order valence-corrected chi connectivity index (χ2v) is 10.7. The first-order chi connectivity index (χ1) is 15.6. The monoisotopic (exact) mass is 472 g/mol. The second kappa shape index (κ2) is 10.5. The number of carbonyl (C=O) groups is 2. The van der Waals surface area contributed by atoms with Gasteiger partial charge in [-0.25, -0.2) is 8.42 Å². The van der Waals surface area contributed by atoms with Gasteiger partial charge in [-0.15, -0.1) is 0 Å². The number of carbonyl (C=O) groups excluding carboxylic acids is 2. The number of nitrogens with zero attached hydrogens (tertiary/aromatic N) is 2. The lowest BCUT2D eigenvalue weighted by atomic mass is 9.98. The molecule has 0 saturated carbocycles. The highest BCUT2D eigenvalue weighted by Gasteiger charge is 2.34. The smallest absolute Gasteiger partial charge is 0.309 e. The van der Waals surface area contributed by atoms with Gasteiger partial charge in [-0.2, -0.15) is 4.31 Å². The highest BCUT2D eigenvalue weighted by Crippen LogP contribution is 2.26. The van der Waals surface area contributed by atoms with Gasteiger partial charge in [-0.05, 0) is 55.5 Å². The summed E-state index contributed by atoms with van der Waals surface area (Å²) >= 11 is 0. The van der Waals surface area contributed by atoms with Gasteiger partial charge >= 0.3 is 5.97 Å². The topological polar surface area (TPSA) is 84.0 Å². The van der Waals surface area contributed by atoms with Gasteiger partial charge in [0.15, 0.2) is 6.10 Å².